The summed E-state index contributed by atoms with van der Waals surface area (Å²) < 4.78 is 45.8. The zero-order valence-electron chi connectivity index (χ0n) is 12.0. The molecule has 1 saturated heterocycles. The number of ether oxygens (including phenoxy) is 2. The zero-order chi connectivity index (χ0) is 16.2. The van der Waals surface area contributed by atoms with E-state index in [4.69, 9.17) is 4.74 Å². The number of morpholine rings is 1. The van der Waals surface area contributed by atoms with Crippen LogP contribution in [-0.4, -0.2) is 65.1 Å². The molecule has 1 aliphatic rings. The van der Waals surface area contributed by atoms with Gasteiger partial charge in [0.2, 0.25) is 5.91 Å². The fraction of sp³-hybridized carbons (Fsp3) is 0.750. The molecule has 0 spiro atoms. The Morgan fingerprint density at radius 3 is 2.95 bits per heavy atom. The summed E-state index contributed by atoms with van der Waals surface area (Å²) >= 11 is 0. The molecule has 2 heterocycles. The number of hydrogen-bond acceptors (Lipinski definition) is 5. The molecule has 1 amide bonds. The van der Waals surface area contributed by atoms with Crippen LogP contribution in [0.3, 0.4) is 0 Å². The highest BCUT2D eigenvalue weighted by Crippen LogP contribution is 2.19. The minimum absolute atomic E-state index is 0.190. The molecule has 1 aromatic heterocycles. The fourth-order valence-electron chi connectivity index (χ4n) is 1.99. The summed E-state index contributed by atoms with van der Waals surface area (Å²) in [5.41, 5.74) is 0. The van der Waals surface area contributed by atoms with E-state index in [1.165, 1.54) is 4.90 Å². The van der Waals surface area contributed by atoms with Gasteiger partial charge in [-0.05, 0) is 0 Å². The third-order valence-electron chi connectivity index (χ3n) is 3.08. The van der Waals surface area contributed by atoms with Gasteiger partial charge in [-0.3, -0.25) is 9.89 Å². The smallest absolute Gasteiger partial charge is 0.366 e. The molecule has 0 aliphatic carbocycles. The van der Waals surface area contributed by atoms with E-state index in [0.717, 1.165) is 0 Å². The molecule has 1 atom stereocenters. The number of nitrogens with zero attached hydrogens (tertiary/aromatic N) is 3. The number of carbonyl (C=O) groups excluding carboxylic acids is 1. The van der Waals surface area contributed by atoms with Crippen molar-refractivity contribution in [3.05, 3.63) is 11.6 Å². The summed E-state index contributed by atoms with van der Waals surface area (Å²) in [5, 5.41) is 6.77. The van der Waals surface area contributed by atoms with Crippen molar-refractivity contribution in [2.45, 2.75) is 25.6 Å². The second-order valence-corrected chi connectivity index (χ2v) is 4.80. The Kier molecular flexibility index (Phi) is 5.35. The number of H-pyrrole nitrogens is 1. The molecule has 1 fully saturated rings. The molecule has 1 aliphatic heterocycles. The normalized spacial score (nSPS) is 19.5. The summed E-state index contributed by atoms with van der Waals surface area (Å²) in [4.78, 5) is 17.5. The number of hydrogen-bond donors (Lipinski definition) is 1. The van der Waals surface area contributed by atoms with Crippen LogP contribution >= 0.6 is 0 Å². The predicted molar refractivity (Wildman–Crippen MR) is 67.9 cm³/mol. The number of rotatable bonds is 5. The summed E-state index contributed by atoms with van der Waals surface area (Å²) in [6.45, 7) is 0.629. The first-order valence-corrected chi connectivity index (χ1v) is 6.84. The standard InChI is InChI=1S/C12H17F3N4O3/c1-2-9-16-11(18-17-9)8-5-19(3-4-22-8)10(20)6-21-7-12(13,14)15/h8H,2-7H2,1H3,(H,16,17,18). The summed E-state index contributed by atoms with van der Waals surface area (Å²) in [7, 11) is 0. The molecule has 0 saturated carbocycles. The first-order chi connectivity index (χ1) is 10.4. The molecule has 124 valence electrons. The van der Waals surface area contributed by atoms with Crippen molar-refractivity contribution in [2.75, 3.05) is 32.9 Å². The van der Waals surface area contributed by atoms with Crippen molar-refractivity contribution < 1.29 is 27.4 Å². The maximum Gasteiger partial charge on any atom is 0.411 e. The monoisotopic (exact) mass is 322 g/mol. The van der Waals surface area contributed by atoms with Gasteiger partial charge in [-0.1, -0.05) is 6.92 Å². The second kappa shape index (κ2) is 7.05. The van der Waals surface area contributed by atoms with Gasteiger partial charge in [-0.2, -0.15) is 18.3 Å². The number of carbonyl (C=O) groups is 1. The van der Waals surface area contributed by atoms with Crippen molar-refractivity contribution in [1.29, 1.82) is 0 Å². The maximum atomic E-state index is 12.0. The Bertz CT molecular complexity index is 506. The molecular formula is C12H17F3N4O3. The largest absolute Gasteiger partial charge is 0.411 e. The number of amides is 1. The second-order valence-electron chi connectivity index (χ2n) is 4.80. The molecule has 0 bridgehead atoms. The van der Waals surface area contributed by atoms with Crippen LogP contribution in [0.5, 0.6) is 0 Å². The van der Waals surface area contributed by atoms with E-state index in [0.29, 0.717) is 24.6 Å². The summed E-state index contributed by atoms with van der Waals surface area (Å²) in [6.07, 6.45) is -4.24. The Labute approximate surface area is 124 Å². The molecule has 0 radical (unpaired) electrons. The van der Waals surface area contributed by atoms with Crippen molar-refractivity contribution in [2.24, 2.45) is 0 Å². The molecule has 2 rings (SSSR count). The minimum atomic E-state index is -4.44. The molecule has 22 heavy (non-hydrogen) atoms. The molecule has 1 N–H and O–H groups in total. The van der Waals surface area contributed by atoms with Gasteiger partial charge >= 0.3 is 6.18 Å². The van der Waals surface area contributed by atoms with Crippen LogP contribution in [-0.2, 0) is 20.7 Å². The molecule has 7 nitrogen and oxygen atoms in total. The quantitative estimate of drug-likeness (QED) is 0.869. The van der Waals surface area contributed by atoms with Gasteiger partial charge in [0.15, 0.2) is 5.82 Å². The predicted octanol–water partition coefficient (Wildman–Crippen LogP) is 0.846. The topological polar surface area (TPSA) is 80.3 Å². The highest BCUT2D eigenvalue weighted by Gasteiger charge is 2.30. The van der Waals surface area contributed by atoms with Crippen molar-refractivity contribution in [1.82, 2.24) is 20.1 Å². The fourth-order valence-corrected chi connectivity index (χ4v) is 1.99. The van der Waals surface area contributed by atoms with E-state index in [1.807, 2.05) is 6.92 Å². The first-order valence-electron chi connectivity index (χ1n) is 6.84. The Hall–Kier alpha value is -1.68. The van der Waals surface area contributed by atoms with Crippen LogP contribution in [0, 0.1) is 0 Å². The lowest BCUT2D eigenvalue weighted by Gasteiger charge is -2.31. The number of halogens is 3. The summed E-state index contributed by atoms with van der Waals surface area (Å²) in [5.74, 6) is 0.630. The molecular weight excluding hydrogens is 305 g/mol. The molecule has 10 heteroatoms. The van der Waals surface area contributed by atoms with Crippen molar-refractivity contribution in [3.63, 3.8) is 0 Å². The highest BCUT2D eigenvalue weighted by atomic mass is 19.4. The number of aryl methyl sites for hydroxylation is 1. The third kappa shape index (κ3) is 4.67. The van der Waals surface area contributed by atoms with Crippen LogP contribution < -0.4 is 0 Å². The van der Waals surface area contributed by atoms with Gasteiger partial charge in [0, 0.05) is 13.0 Å². The molecule has 1 unspecified atom stereocenters. The lowest BCUT2D eigenvalue weighted by molar-refractivity contribution is -0.179. The van der Waals surface area contributed by atoms with Gasteiger partial charge in [0.05, 0.1) is 13.2 Å². The Morgan fingerprint density at radius 2 is 2.32 bits per heavy atom. The highest BCUT2D eigenvalue weighted by molar-refractivity contribution is 5.77. The number of alkyl halides is 3. The van der Waals surface area contributed by atoms with Gasteiger partial charge in [-0.25, -0.2) is 4.98 Å². The summed E-state index contributed by atoms with van der Waals surface area (Å²) in [6, 6.07) is 0. The van der Waals surface area contributed by atoms with Gasteiger partial charge in [0.25, 0.3) is 0 Å². The van der Waals surface area contributed by atoms with Crippen LogP contribution in [0.1, 0.15) is 24.7 Å². The van der Waals surface area contributed by atoms with Crippen LogP contribution in [0.4, 0.5) is 13.2 Å². The minimum Gasteiger partial charge on any atom is -0.366 e. The Morgan fingerprint density at radius 1 is 1.55 bits per heavy atom. The van der Waals surface area contributed by atoms with Crippen LogP contribution in [0.15, 0.2) is 0 Å². The van der Waals surface area contributed by atoms with Gasteiger partial charge in [0.1, 0.15) is 25.1 Å². The lowest BCUT2D eigenvalue weighted by Crippen LogP contribution is -2.44. The molecule has 1 aromatic rings. The van der Waals surface area contributed by atoms with Crippen molar-refractivity contribution >= 4 is 5.91 Å². The molecule has 0 aromatic carbocycles. The van der Waals surface area contributed by atoms with E-state index >= 15 is 0 Å². The average molecular weight is 322 g/mol. The van der Waals surface area contributed by atoms with Gasteiger partial charge < -0.3 is 14.4 Å². The number of nitrogens with one attached hydrogen (secondary N) is 1. The van der Waals surface area contributed by atoms with E-state index in [2.05, 4.69) is 19.9 Å². The SMILES string of the molecule is CCc1nc(C2CN(C(=O)COCC(F)(F)F)CCO2)n[nH]1. The lowest BCUT2D eigenvalue weighted by atomic mass is 10.2. The van der Waals surface area contributed by atoms with Crippen molar-refractivity contribution in [3.8, 4) is 0 Å². The number of aromatic amines is 1. The van der Waals surface area contributed by atoms with E-state index in [-0.39, 0.29) is 13.2 Å². The third-order valence-corrected chi connectivity index (χ3v) is 3.08. The zero-order valence-corrected chi connectivity index (χ0v) is 12.0. The van der Waals surface area contributed by atoms with Crippen LogP contribution in [0.25, 0.3) is 0 Å². The number of aromatic nitrogens is 3. The van der Waals surface area contributed by atoms with E-state index in [9.17, 15) is 18.0 Å². The Balaban J connectivity index is 1.85. The van der Waals surface area contributed by atoms with Crippen LogP contribution in [0.2, 0.25) is 0 Å². The first kappa shape index (κ1) is 16.7. The average Bonchev–Trinajstić information content (AvgIpc) is 2.95. The maximum absolute atomic E-state index is 12.0. The van der Waals surface area contributed by atoms with E-state index < -0.39 is 31.4 Å². The van der Waals surface area contributed by atoms with E-state index in [1.54, 1.807) is 0 Å². The van der Waals surface area contributed by atoms with Gasteiger partial charge in [-0.15, -0.1) is 0 Å².